The van der Waals surface area contributed by atoms with Crippen molar-refractivity contribution < 1.29 is 12.9 Å². The second kappa shape index (κ2) is 7.04. The summed E-state index contributed by atoms with van der Waals surface area (Å²) < 4.78 is 32.0. The number of aromatic nitrogens is 1. The van der Waals surface area contributed by atoms with Gasteiger partial charge in [0, 0.05) is 19.2 Å². The predicted molar refractivity (Wildman–Crippen MR) is 83.9 cm³/mol. The van der Waals surface area contributed by atoms with Gasteiger partial charge in [-0.3, -0.25) is 4.90 Å². The summed E-state index contributed by atoms with van der Waals surface area (Å²) in [6, 6.07) is 8.66. The van der Waals surface area contributed by atoms with Crippen molar-refractivity contribution in [2.45, 2.75) is 25.3 Å². The van der Waals surface area contributed by atoms with Gasteiger partial charge in [0.25, 0.3) is 0 Å². The highest BCUT2D eigenvalue weighted by atomic mass is 32.2. The Labute approximate surface area is 131 Å². The van der Waals surface area contributed by atoms with E-state index in [1.54, 1.807) is 24.3 Å². The largest absolute Gasteiger partial charge is 0.360 e. The Kier molecular flexibility index (Phi) is 5.33. The number of rotatable bonds is 7. The van der Waals surface area contributed by atoms with E-state index in [0.29, 0.717) is 19.6 Å². The molecule has 0 aliphatic carbocycles. The molecule has 6 nitrogen and oxygen atoms in total. The first-order chi connectivity index (χ1) is 10.4. The Balaban J connectivity index is 1.83. The average Bonchev–Trinajstić information content (AvgIpc) is 2.84. The van der Waals surface area contributed by atoms with Crippen molar-refractivity contribution in [3.05, 3.63) is 47.3 Å². The lowest BCUT2D eigenvalue weighted by molar-refractivity contribution is 0.275. The van der Waals surface area contributed by atoms with Crippen LogP contribution in [0.4, 0.5) is 0 Å². The number of hydrogen-bond donors (Lipinski definition) is 1. The van der Waals surface area contributed by atoms with Gasteiger partial charge in [-0.25, -0.2) is 13.1 Å². The van der Waals surface area contributed by atoms with Gasteiger partial charge in [-0.1, -0.05) is 22.9 Å². The van der Waals surface area contributed by atoms with E-state index in [-0.39, 0.29) is 4.90 Å². The Morgan fingerprint density at radius 3 is 2.50 bits per heavy atom. The zero-order valence-electron chi connectivity index (χ0n) is 13.0. The van der Waals surface area contributed by atoms with Crippen LogP contribution in [-0.4, -0.2) is 38.6 Å². The van der Waals surface area contributed by atoms with Crippen LogP contribution < -0.4 is 4.72 Å². The Morgan fingerprint density at radius 2 is 1.91 bits per heavy atom. The highest BCUT2D eigenvalue weighted by molar-refractivity contribution is 7.89. The van der Waals surface area contributed by atoms with E-state index < -0.39 is 10.0 Å². The molecule has 1 heterocycles. The van der Waals surface area contributed by atoms with Gasteiger partial charge < -0.3 is 4.52 Å². The van der Waals surface area contributed by atoms with Crippen molar-refractivity contribution in [3.63, 3.8) is 0 Å². The van der Waals surface area contributed by atoms with E-state index in [1.165, 1.54) is 0 Å². The average molecular weight is 323 g/mol. The predicted octanol–water partition coefficient (Wildman–Crippen LogP) is 1.70. The summed E-state index contributed by atoms with van der Waals surface area (Å²) in [5.74, 6) is 0.765. The lowest BCUT2D eigenvalue weighted by Gasteiger charge is -2.15. The van der Waals surface area contributed by atoms with E-state index in [2.05, 4.69) is 9.88 Å². The molecule has 1 N–H and O–H groups in total. The standard InChI is InChI=1S/C15H21N3O3S/c1-12-4-6-15(7-5-12)22(19,20)16-8-9-18(3)11-14-10-13(2)17-21-14/h4-7,10,16H,8-9,11H2,1-3H3. The fraction of sp³-hybridized carbons (Fsp3) is 0.400. The molecule has 0 fully saturated rings. The van der Waals surface area contributed by atoms with Crippen LogP contribution in [0.15, 0.2) is 39.8 Å². The molecule has 0 amide bonds. The summed E-state index contributed by atoms with van der Waals surface area (Å²) in [6.45, 7) is 5.28. The van der Waals surface area contributed by atoms with Crippen molar-refractivity contribution >= 4 is 10.0 Å². The molecule has 0 aliphatic heterocycles. The molecule has 7 heteroatoms. The molecule has 22 heavy (non-hydrogen) atoms. The van der Waals surface area contributed by atoms with E-state index >= 15 is 0 Å². The molecule has 0 saturated carbocycles. The van der Waals surface area contributed by atoms with Crippen molar-refractivity contribution in [2.75, 3.05) is 20.1 Å². The quantitative estimate of drug-likeness (QED) is 0.839. The van der Waals surface area contributed by atoms with Gasteiger partial charge in [-0.15, -0.1) is 0 Å². The van der Waals surface area contributed by atoms with Crippen LogP contribution in [0, 0.1) is 13.8 Å². The maximum atomic E-state index is 12.1. The maximum Gasteiger partial charge on any atom is 0.240 e. The molecule has 0 aliphatic rings. The molecule has 0 bridgehead atoms. The number of hydrogen-bond acceptors (Lipinski definition) is 5. The summed E-state index contributed by atoms with van der Waals surface area (Å²) in [5.41, 5.74) is 1.87. The van der Waals surface area contributed by atoms with Gasteiger partial charge in [0.05, 0.1) is 17.1 Å². The minimum absolute atomic E-state index is 0.284. The number of nitrogens with one attached hydrogen (secondary N) is 1. The molecule has 0 unspecified atom stereocenters. The highest BCUT2D eigenvalue weighted by Gasteiger charge is 2.13. The van der Waals surface area contributed by atoms with Crippen LogP contribution in [0.25, 0.3) is 0 Å². The fourth-order valence-electron chi connectivity index (χ4n) is 2.01. The molecule has 0 radical (unpaired) electrons. The minimum atomic E-state index is -3.45. The molecular weight excluding hydrogens is 302 g/mol. The van der Waals surface area contributed by atoms with E-state index in [1.807, 2.05) is 31.9 Å². The number of likely N-dealkylation sites (N-methyl/N-ethyl adjacent to an activating group) is 1. The van der Waals surface area contributed by atoms with Crippen LogP contribution in [0.3, 0.4) is 0 Å². The lowest BCUT2D eigenvalue weighted by atomic mass is 10.2. The van der Waals surface area contributed by atoms with Crippen LogP contribution in [0.2, 0.25) is 0 Å². The van der Waals surface area contributed by atoms with Crippen molar-refractivity contribution in [3.8, 4) is 0 Å². The van der Waals surface area contributed by atoms with E-state index in [0.717, 1.165) is 17.0 Å². The smallest absolute Gasteiger partial charge is 0.240 e. The monoisotopic (exact) mass is 323 g/mol. The molecular formula is C15H21N3O3S. The van der Waals surface area contributed by atoms with Gasteiger partial charge >= 0.3 is 0 Å². The highest BCUT2D eigenvalue weighted by Crippen LogP contribution is 2.09. The molecule has 0 spiro atoms. The number of sulfonamides is 1. The zero-order valence-corrected chi connectivity index (χ0v) is 13.9. The lowest BCUT2D eigenvalue weighted by Crippen LogP contribution is -2.32. The maximum absolute atomic E-state index is 12.1. The first-order valence-electron chi connectivity index (χ1n) is 7.04. The van der Waals surface area contributed by atoms with E-state index in [4.69, 9.17) is 4.52 Å². The SMILES string of the molecule is Cc1ccc(S(=O)(=O)NCCN(C)Cc2cc(C)no2)cc1. The second-order valence-electron chi connectivity index (χ2n) is 5.38. The van der Waals surface area contributed by atoms with Gasteiger partial charge in [-0.2, -0.15) is 0 Å². The first-order valence-corrected chi connectivity index (χ1v) is 8.52. The Hall–Kier alpha value is -1.70. The fourth-order valence-corrected chi connectivity index (χ4v) is 3.03. The third kappa shape index (κ3) is 4.66. The Bertz CT molecular complexity index is 708. The van der Waals surface area contributed by atoms with Crippen LogP contribution >= 0.6 is 0 Å². The summed E-state index contributed by atoms with van der Waals surface area (Å²) >= 11 is 0. The molecule has 120 valence electrons. The van der Waals surface area contributed by atoms with Crippen molar-refractivity contribution in [1.29, 1.82) is 0 Å². The summed E-state index contributed by atoms with van der Waals surface area (Å²) in [5, 5.41) is 3.82. The summed E-state index contributed by atoms with van der Waals surface area (Å²) in [4.78, 5) is 2.25. The second-order valence-corrected chi connectivity index (χ2v) is 7.15. The third-order valence-corrected chi connectivity index (χ3v) is 4.70. The zero-order chi connectivity index (χ0) is 16.2. The van der Waals surface area contributed by atoms with E-state index in [9.17, 15) is 8.42 Å². The molecule has 1 aromatic heterocycles. The molecule has 0 atom stereocenters. The molecule has 2 aromatic rings. The molecule has 1 aromatic carbocycles. The van der Waals surface area contributed by atoms with Gasteiger partial charge in [0.1, 0.15) is 0 Å². The van der Waals surface area contributed by atoms with Gasteiger partial charge in [-0.05, 0) is 33.0 Å². The van der Waals surface area contributed by atoms with Crippen LogP contribution in [0.1, 0.15) is 17.0 Å². The molecule has 2 rings (SSSR count). The van der Waals surface area contributed by atoms with Crippen molar-refractivity contribution in [1.82, 2.24) is 14.8 Å². The molecule has 0 saturated heterocycles. The topological polar surface area (TPSA) is 75.4 Å². The normalized spacial score (nSPS) is 12.0. The van der Waals surface area contributed by atoms with Crippen LogP contribution in [-0.2, 0) is 16.6 Å². The number of aryl methyl sites for hydroxylation is 2. The number of benzene rings is 1. The summed E-state index contributed by atoms with van der Waals surface area (Å²) in [6.07, 6.45) is 0. The first kappa shape index (κ1) is 16.7. The Morgan fingerprint density at radius 1 is 1.23 bits per heavy atom. The van der Waals surface area contributed by atoms with Gasteiger partial charge in [0.2, 0.25) is 10.0 Å². The number of nitrogens with zero attached hydrogens (tertiary/aromatic N) is 2. The summed E-state index contributed by atoms with van der Waals surface area (Å²) in [7, 11) is -1.55. The minimum Gasteiger partial charge on any atom is -0.360 e. The van der Waals surface area contributed by atoms with Gasteiger partial charge in [0.15, 0.2) is 5.76 Å². The van der Waals surface area contributed by atoms with Crippen molar-refractivity contribution in [2.24, 2.45) is 0 Å². The van der Waals surface area contributed by atoms with Crippen LogP contribution in [0.5, 0.6) is 0 Å². The third-order valence-electron chi connectivity index (χ3n) is 3.22.